The minimum Gasteiger partial charge on any atom is -0.444 e. The maximum Gasteiger partial charge on any atom is 0.226 e. The molecule has 27 heavy (non-hydrogen) atoms. The number of thioether (sulfide) groups is 1. The van der Waals surface area contributed by atoms with Crippen molar-refractivity contribution in [3.05, 3.63) is 70.5 Å². The van der Waals surface area contributed by atoms with Crippen LogP contribution < -0.4 is 5.84 Å². The number of rotatable bonds is 5. The molecule has 9 heteroatoms. The van der Waals surface area contributed by atoms with E-state index in [-0.39, 0.29) is 0 Å². The minimum absolute atomic E-state index is 0.460. The average Bonchev–Trinajstić information content (AvgIpc) is 3.28. The first-order valence-corrected chi connectivity index (χ1v) is 9.64. The Hall–Kier alpha value is -2.48. The molecule has 0 unspecified atom stereocenters. The lowest BCUT2D eigenvalue weighted by molar-refractivity contribution is 0.573. The fraction of sp³-hybridized carbons (Fsp3) is 0.0556. The molecule has 0 saturated carbocycles. The van der Waals surface area contributed by atoms with E-state index in [1.807, 2.05) is 30.3 Å². The van der Waals surface area contributed by atoms with E-state index in [0.717, 1.165) is 11.3 Å². The lowest BCUT2D eigenvalue weighted by Gasteiger charge is -2.05. The van der Waals surface area contributed by atoms with Crippen molar-refractivity contribution in [2.24, 2.45) is 0 Å². The molecule has 0 aliphatic heterocycles. The van der Waals surface area contributed by atoms with Crippen molar-refractivity contribution in [2.75, 3.05) is 5.84 Å². The van der Waals surface area contributed by atoms with Gasteiger partial charge in [-0.1, -0.05) is 53.2 Å². The van der Waals surface area contributed by atoms with Gasteiger partial charge < -0.3 is 10.3 Å². The van der Waals surface area contributed by atoms with Gasteiger partial charge in [0.15, 0.2) is 5.82 Å². The van der Waals surface area contributed by atoms with Crippen LogP contribution in [0.3, 0.4) is 0 Å². The first kappa shape index (κ1) is 17.9. The highest BCUT2D eigenvalue weighted by Crippen LogP contribution is 2.31. The van der Waals surface area contributed by atoms with Crippen LogP contribution in [0.2, 0.25) is 10.0 Å². The van der Waals surface area contributed by atoms with Gasteiger partial charge in [-0.3, -0.25) is 0 Å². The summed E-state index contributed by atoms with van der Waals surface area (Å²) in [6.07, 6.45) is 1.63. The van der Waals surface area contributed by atoms with E-state index in [4.69, 9.17) is 33.5 Å². The summed E-state index contributed by atoms with van der Waals surface area (Å²) in [5.41, 5.74) is 2.37. The Morgan fingerprint density at radius 2 is 1.89 bits per heavy atom. The second-order valence-corrected chi connectivity index (χ2v) is 7.39. The van der Waals surface area contributed by atoms with Gasteiger partial charge in [0, 0.05) is 21.9 Å². The van der Waals surface area contributed by atoms with Gasteiger partial charge >= 0.3 is 0 Å². The van der Waals surface area contributed by atoms with Gasteiger partial charge in [-0.05, 0) is 30.3 Å². The largest absolute Gasteiger partial charge is 0.444 e. The van der Waals surface area contributed by atoms with Crippen molar-refractivity contribution in [3.8, 4) is 22.8 Å². The quantitative estimate of drug-likeness (QED) is 0.366. The summed E-state index contributed by atoms with van der Waals surface area (Å²) in [4.78, 5) is 4.49. The maximum absolute atomic E-state index is 6.23. The van der Waals surface area contributed by atoms with Crippen molar-refractivity contribution < 1.29 is 4.42 Å². The number of nitrogen functional groups attached to an aromatic ring is 1. The van der Waals surface area contributed by atoms with Crippen LogP contribution in [0.5, 0.6) is 0 Å². The van der Waals surface area contributed by atoms with Gasteiger partial charge in [0.25, 0.3) is 0 Å². The topological polar surface area (TPSA) is 82.8 Å². The summed E-state index contributed by atoms with van der Waals surface area (Å²) >= 11 is 13.6. The van der Waals surface area contributed by atoms with Crippen molar-refractivity contribution in [1.29, 1.82) is 0 Å². The molecular formula is C18H13Cl2N5OS. The first-order chi connectivity index (χ1) is 13.1. The highest BCUT2D eigenvalue weighted by atomic mass is 35.5. The van der Waals surface area contributed by atoms with E-state index >= 15 is 0 Å². The van der Waals surface area contributed by atoms with Gasteiger partial charge in [0.1, 0.15) is 6.26 Å². The molecule has 2 aromatic carbocycles. The summed E-state index contributed by atoms with van der Waals surface area (Å²) in [6, 6.07) is 14.8. The number of hydrogen-bond donors (Lipinski definition) is 1. The average molecular weight is 418 g/mol. The van der Waals surface area contributed by atoms with Crippen molar-refractivity contribution >= 4 is 35.0 Å². The Morgan fingerprint density at radius 1 is 1.07 bits per heavy atom. The lowest BCUT2D eigenvalue weighted by atomic mass is 10.2. The number of oxazole rings is 1. The first-order valence-electron chi connectivity index (χ1n) is 7.90. The summed E-state index contributed by atoms with van der Waals surface area (Å²) in [6.45, 7) is 0. The molecule has 0 aliphatic rings. The van der Waals surface area contributed by atoms with E-state index in [2.05, 4.69) is 15.2 Å². The van der Waals surface area contributed by atoms with Crippen molar-refractivity contribution in [3.63, 3.8) is 0 Å². The Labute approximate surface area is 169 Å². The van der Waals surface area contributed by atoms with Gasteiger partial charge in [0.05, 0.1) is 10.7 Å². The number of nitrogens with zero attached hydrogens (tertiary/aromatic N) is 4. The fourth-order valence-electron chi connectivity index (χ4n) is 2.46. The number of aromatic nitrogens is 4. The molecule has 2 aromatic heterocycles. The Kier molecular flexibility index (Phi) is 5.07. The van der Waals surface area contributed by atoms with Crippen LogP contribution in [0, 0.1) is 0 Å². The number of hydrogen-bond acceptors (Lipinski definition) is 6. The highest BCUT2D eigenvalue weighted by Gasteiger charge is 2.16. The van der Waals surface area contributed by atoms with Gasteiger partial charge in [-0.25, -0.2) is 9.66 Å². The molecule has 0 atom stereocenters. The monoisotopic (exact) mass is 417 g/mol. The predicted octanol–water partition coefficient (Wildman–Crippen LogP) is 4.91. The van der Waals surface area contributed by atoms with Gasteiger partial charge in [-0.15, -0.1) is 10.2 Å². The summed E-state index contributed by atoms with van der Waals surface area (Å²) in [7, 11) is 0. The molecule has 4 aromatic rings. The van der Waals surface area contributed by atoms with E-state index in [1.165, 1.54) is 16.4 Å². The molecule has 0 spiro atoms. The van der Waals surface area contributed by atoms with Crippen LogP contribution >= 0.6 is 35.0 Å². The van der Waals surface area contributed by atoms with Crippen molar-refractivity contribution in [2.45, 2.75) is 10.9 Å². The Balaban J connectivity index is 1.50. The number of halogens is 2. The van der Waals surface area contributed by atoms with E-state index in [0.29, 0.717) is 38.2 Å². The molecule has 0 radical (unpaired) electrons. The second-order valence-electron chi connectivity index (χ2n) is 5.60. The van der Waals surface area contributed by atoms with E-state index in [1.54, 1.807) is 24.5 Å². The molecule has 0 saturated heterocycles. The Morgan fingerprint density at radius 3 is 2.67 bits per heavy atom. The van der Waals surface area contributed by atoms with Crippen molar-refractivity contribution in [1.82, 2.24) is 19.9 Å². The molecule has 6 nitrogen and oxygen atoms in total. The normalized spacial score (nSPS) is 11.0. The smallest absolute Gasteiger partial charge is 0.226 e. The highest BCUT2D eigenvalue weighted by molar-refractivity contribution is 7.98. The zero-order valence-electron chi connectivity index (χ0n) is 13.8. The van der Waals surface area contributed by atoms with Crippen LogP contribution in [-0.2, 0) is 5.75 Å². The van der Waals surface area contributed by atoms with Crippen LogP contribution in [0.1, 0.15) is 5.69 Å². The second kappa shape index (κ2) is 7.64. The van der Waals surface area contributed by atoms with E-state index in [9.17, 15) is 0 Å². The third-order valence-corrected chi connectivity index (χ3v) is 5.28. The van der Waals surface area contributed by atoms with Crippen LogP contribution in [-0.4, -0.2) is 19.9 Å². The minimum atomic E-state index is 0.460. The summed E-state index contributed by atoms with van der Waals surface area (Å²) in [5.74, 6) is 7.72. The standard InChI is InChI=1S/C18H13Cl2N5OS/c19-12-6-7-14(15(20)8-12)16-23-24-18(25(16)21)27-10-13-9-26-17(22-13)11-4-2-1-3-5-11/h1-9H,10,21H2. The lowest BCUT2D eigenvalue weighted by Crippen LogP contribution is -2.11. The molecule has 0 amide bonds. The fourth-order valence-corrected chi connectivity index (χ4v) is 3.68. The molecule has 4 rings (SSSR count). The van der Waals surface area contributed by atoms with Crippen LogP contribution in [0.25, 0.3) is 22.8 Å². The number of benzene rings is 2. The summed E-state index contributed by atoms with van der Waals surface area (Å²) in [5, 5.41) is 9.82. The molecule has 0 bridgehead atoms. The third kappa shape index (κ3) is 3.80. The molecule has 0 fully saturated rings. The van der Waals surface area contributed by atoms with Crippen LogP contribution in [0.4, 0.5) is 0 Å². The Bertz CT molecular complexity index is 1080. The summed E-state index contributed by atoms with van der Waals surface area (Å²) < 4.78 is 6.94. The van der Waals surface area contributed by atoms with Gasteiger partial charge in [0.2, 0.25) is 11.0 Å². The number of nitrogens with two attached hydrogens (primary N) is 1. The SMILES string of the molecule is Nn1c(SCc2coc(-c3ccccc3)n2)nnc1-c1ccc(Cl)cc1Cl. The molecular weight excluding hydrogens is 405 g/mol. The predicted molar refractivity (Wildman–Crippen MR) is 107 cm³/mol. The van der Waals surface area contributed by atoms with Gasteiger partial charge in [-0.2, -0.15) is 0 Å². The zero-order chi connectivity index (χ0) is 18.8. The zero-order valence-corrected chi connectivity index (χ0v) is 16.2. The molecule has 2 heterocycles. The molecule has 0 aliphatic carbocycles. The molecule has 136 valence electrons. The maximum atomic E-state index is 6.23. The van der Waals surface area contributed by atoms with Crippen LogP contribution in [0.15, 0.2) is 64.4 Å². The molecule has 2 N–H and O–H groups in total. The third-order valence-electron chi connectivity index (χ3n) is 3.76. The van der Waals surface area contributed by atoms with E-state index < -0.39 is 0 Å².